The summed E-state index contributed by atoms with van der Waals surface area (Å²) in [6, 6.07) is 59.6. The first-order valence-corrected chi connectivity index (χ1v) is 25.9. The molecule has 0 heterocycles. The average Bonchev–Trinajstić information content (AvgIpc) is 3.71. The molecule has 0 aliphatic carbocycles. The van der Waals surface area contributed by atoms with Crippen molar-refractivity contribution in [2.45, 2.75) is 0 Å². The predicted octanol–water partition coefficient (Wildman–Crippen LogP) is 12.1. The Morgan fingerprint density at radius 2 is 0.488 bits per heavy atom. The van der Waals surface area contributed by atoms with Gasteiger partial charge in [-0.1, -0.05) is 22.8 Å². The second kappa shape index (κ2) is 28.9. The fourth-order valence-corrected chi connectivity index (χ4v) is 8.66. The van der Waals surface area contributed by atoms with E-state index < -0.39 is 55.6 Å². The number of aromatic carboxylic acids is 8. The van der Waals surface area contributed by atoms with Crippen LogP contribution in [0.2, 0.25) is 0 Å². The quantitative estimate of drug-likeness (QED) is 0.0382. The first-order chi connectivity index (χ1) is 40.1. The average molecular weight is 1150 g/mol. The summed E-state index contributed by atoms with van der Waals surface area (Å²) in [6.45, 7) is 0. The Morgan fingerprint density at radius 3 is 0.726 bits per heavy atom. The number of carboxylic acid groups (broad SMARTS) is 8. The Bertz CT molecular complexity index is 3580. The lowest BCUT2D eigenvalue weighted by atomic mass is 10.1. The van der Waals surface area contributed by atoms with Crippen molar-refractivity contribution in [3.63, 3.8) is 0 Å². The Hall–Kier alpha value is -11.8. The molecule has 20 nitrogen and oxygen atoms in total. The second-order valence-corrected chi connectivity index (χ2v) is 19.1. The second-order valence-electron chi connectivity index (χ2n) is 17.5. The largest absolute Gasteiger partial charge is 0.478 e. The number of hydrogen-bond donors (Lipinski definition) is 9. The van der Waals surface area contributed by atoms with E-state index in [1.807, 2.05) is 47.2 Å². The van der Waals surface area contributed by atoms with Crippen LogP contribution in [0.15, 0.2) is 224 Å². The minimum atomic E-state index is -1.87. The molecule has 0 aliphatic heterocycles. The minimum absolute atomic E-state index is 0.123. The van der Waals surface area contributed by atoms with Gasteiger partial charge in [0, 0.05) is 46.9 Å². The molecule has 0 spiro atoms. The van der Waals surface area contributed by atoms with Crippen molar-refractivity contribution in [2.24, 2.45) is 0 Å². The van der Waals surface area contributed by atoms with Gasteiger partial charge in [0.25, 0.3) is 0 Å². The van der Waals surface area contributed by atoms with E-state index in [0.29, 0.717) is 10.6 Å². The van der Waals surface area contributed by atoms with Crippen LogP contribution >= 0.6 is 7.80 Å². The lowest BCUT2D eigenvalue weighted by Crippen LogP contribution is -2.10. The molecule has 9 N–H and O–H groups in total. The van der Waals surface area contributed by atoms with Crippen LogP contribution in [0, 0.1) is 0 Å². The molecular weight excluding hydrogens is 1100 g/mol. The van der Waals surface area contributed by atoms with Crippen molar-refractivity contribution in [3.8, 4) is 0 Å². The van der Waals surface area contributed by atoms with Crippen LogP contribution in [0.5, 0.6) is 0 Å². The zero-order valence-electron chi connectivity index (χ0n) is 44.0. The van der Waals surface area contributed by atoms with Crippen LogP contribution in [0.4, 0.5) is 39.8 Å². The molecule has 0 fully saturated rings. The Labute approximate surface area is 479 Å². The van der Waals surface area contributed by atoms with Gasteiger partial charge in [0.05, 0.1) is 44.5 Å². The molecule has 9 aromatic rings. The van der Waals surface area contributed by atoms with Crippen LogP contribution < -0.4 is 25.7 Å². The SMILES string of the molecule is CN(c1ccc(C(=O)O)cc1)c1ccc(C(=O)O)cc1.O=C(O)c1ccc(N(c2ccccc2)c2ccc(C(=O)O)cc2)cc1.O=C(O)c1ccc(Nc2ccc(C(=O)O)cc2)cc1.O=C(O)c1ccc([P+](=O)c2ccc(C(=O)O)cc2)cc1. The highest BCUT2D eigenvalue weighted by molar-refractivity contribution is 7.61. The standard InChI is InChI=1S/C20H15NO4.C15H13NO4.C14H11NO4.C14H9O5P/c22-19(23)14-6-10-17(11-7-14)21(16-4-2-1-3-5-16)18-12-8-15(9-13-18)20(24)25;1-16(12-6-2-10(3-7-12)14(17)18)13-8-4-11(5-9-13)15(19)20;16-13(17)9-1-5-11(6-2-9)15-12-7-3-10(4-8-12)14(18)19;15-13(16)9-1-5-11(6-2-9)20(19)12-7-3-10(4-8-12)14(17)18/h1-13H,(H,22,23)(H,24,25);2-9H,1H3,(H,17,18)(H,19,20);1-8,15H,(H,16,17)(H,18,19);1-8H,(H-,15,16,17,18)/p+1. The highest BCUT2D eigenvalue weighted by Crippen LogP contribution is 2.35. The van der Waals surface area contributed by atoms with E-state index in [2.05, 4.69) is 5.32 Å². The van der Waals surface area contributed by atoms with Crippen LogP contribution in [-0.4, -0.2) is 95.7 Å². The molecule has 9 aromatic carbocycles. The molecule has 9 rings (SSSR count). The third-order valence-electron chi connectivity index (χ3n) is 12.0. The van der Waals surface area contributed by atoms with Crippen molar-refractivity contribution in [1.29, 1.82) is 0 Å². The number of carboxylic acids is 8. The summed E-state index contributed by atoms with van der Waals surface area (Å²) < 4.78 is 12.3. The number of para-hydroxylation sites is 1. The molecule has 422 valence electrons. The lowest BCUT2D eigenvalue weighted by Gasteiger charge is -2.25. The van der Waals surface area contributed by atoms with Gasteiger partial charge in [-0.15, -0.1) is 0 Å². The predicted molar refractivity (Wildman–Crippen MR) is 314 cm³/mol. The van der Waals surface area contributed by atoms with Gasteiger partial charge in [0.1, 0.15) is 0 Å². The lowest BCUT2D eigenvalue weighted by molar-refractivity contribution is 0.0686. The van der Waals surface area contributed by atoms with E-state index >= 15 is 0 Å². The molecule has 0 saturated heterocycles. The number of nitrogens with one attached hydrogen (secondary N) is 1. The molecule has 0 radical (unpaired) electrons. The van der Waals surface area contributed by atoms with Crippen molar-refractivity contribution >= 4 is 106 Å². The molecule has 0 aliphatic rings. The maximum Gasteiger partial charge on any atom is 0.415 e. The summed E-state index contributed by atoms with van der Waals surface area (Å²) in [6.07, 6.45) is 0. The normalized spacial score (nSPS) is 10.1. The van der Waals surface area contributed by atoms with E-state index in [1.54, 1.807) is 97.1 Å². The third-order valence-corrected chi connectivity index (χ3v) is 13.5. The van der Waals surface area contributed by atoms with Crippen LogP contribution in [0.3, 0.4) is 0 Å². The van der Waals surface area contributed by atoms with Gasteiger partial charge in [-0.2, -0.15) is 0 Å². The van der Waals surface area contributed by atoms with Gasteiger partial charge in [-0.05, 0) is 206 Å². The number of hydrogen-bond acceptors (Lipinski definition) is 12. The monoisotopic (exact) mass is 1150 g/mol. The number of nitrogens with zero attached hydrogens (tertiary/aromatic N) is 2. The Morgan fingerprint density at radius 1 is 0.286 bits per heavy atom. The zero-order chi connectivity index (χ0) is 61.0. The maximum absolute atomic E-state index is 12.3. The smallest absolute Gasteiger partial charge is 0.415 e. The summed E-state index contributed by atoms with van der Waals surface area (Å²) in [5, 5.41) is 75.0. The van der Waals surface area contributed by atoms with Crippen LogP contribution in [0.25, 0.3) is 0 Å². The molecule has 0 unspecified atom stereocenters. The van der Waals surface area contributed by atoms with Gasteiger partial charge in [-0.3, -0.25) is 0 Å². The first kappa shape index (κ1) is 61.5. The molecule has 0 bridgehead atoms. The Balaban J connectivity index is 0.000000181. The van der Waals surface area contributed by atoms with Crippen molar-refractivity contribution in [2.75, 3.05) is 22.2 Å². The zero-order valence-corrected chi connectivity index (χ0v) is 44.8. The third kappa shape index (κ3) is 17.1. The number of benzene rings is 9. The van der Waals surface area contributed by atoms with Crippen LogP contribution in [-0.2, 0) is 4.57 Å². The highest BCUT2D eigenvalue weighted by Gasteiger charge is 2.24. The number of anilines is 7. The van der Waals surface area contributed by atoms with Crippen molar-refractivity contribution in [3.05, 3.63) is 269 Å². The van der Waals surface area contributed by atoms with Gasteiger partial charge in [0.15, 0.2) is 10.6 Å². The van der Waals surface area contributed by atoms with Gasteiger partial charge in [-0.25, -0.2) is 38.4 Å². The topological polar surface area (TPSA) is 334 Å². The number of carbonyl (C=O) groups is 8. The van der Waals surface area contributed by atoms with E-state index in [9.17, 15) is 42.9 Å². The molecular formula is C63H49N3O17P+. The minimum Gasteiger partial charge on any atom is -0.478 e. The van der Waals surface area contributed by atoms with E-state index in [4.69, 9.17) is 40.9 Å². The summed E-state index contributed by atoms with van der Waals surface area (Å²) in [5.41, 5.74) is 7.07. The van der Waals surface area contributed by atoms with Crippen LogP contribution in [0.1, 0.15) is 82.9 Å². The molecule has 0 saturated carbocycles. The van der Waals surface area contributed by atoms with E-state index in [-0.39, 0.29) is 44.5 Å². The van der Waals surface area contributed by atoms with Crippen molar-refractivity contribution < 1.29 is 83.8 Å². The first-order valence-electron chi connectivity index (χ1n) is 24.6. The summed E-state index contributed by atoms with van der Waals surface area (Å²) >= 11 is 0. The summed E-state index contributed by atoms with van der Waals surface area (Å²) in [5.74, 6) is -7.94. The fourth-order valence-electron chi connectivity index (χ4n) is 7.52. The van der Waals surface area contributed by atoms with E-state index in [1.165, 1.54) is 97.1 Å². The van der Waals surface area contributed by atoms with E-state index in [0.717, 1.165) is 39.8 Å². The number of rotatable bonds is 17. The summed E-state index contributed by atoms with van der Waals surface area (Å²) in [7, 11) is -0.0450. The highest BCUT2D eigenvalue weighted by atomic mass is 31.1. The van der Waals surface area contributed by atoms with Gasteiger partial charge >= 0.3 is 55.6 Å². The van der Waals surface area contributed by atoms with Gasteiger partial charge in [0.2, 0.25) is 0 Å². The molecule has 0 atom stereocenters. The van der Waals surface area contributed by atoms with Crippen molar-refractivity contribution in [1.82, 2.24) is 0 Å². The van der Waals surface area contributed by atoms with Gasteiger partial charge < -0.3 is 56.0 Å². The molecule has 21 heteroatoms. The molecule has 0 aromatic heterocycles. The summed E-state index contributed by atoms with van der Waals surface area (Å²) in [4.78, 5) is 90.3. The molecule has 84 heavy (non-hydrogen) atoms. The maximum atomic E-state index is 12.3. The fraction of sp³-hybridized carbons (Fsp3) is 0.0159. The molecule has 0 amide bonds. The Kier molecular flexibility index (Phi) is 21.2.